The van der Waals surface area contributed by atoms with Gasteiger partial charge in [0.15, 0.2) is 6.10 Å². The van der Waals surface area contributed by atoms with E-state index in [4.69, 9.17) is 4.74 Å². The number of rotatable bonds is 3. The first-order valence-electron chi connectivity index (χ1n) is 10.9. The molecule has 4 unspecified atom stereocenters. The van der Waals surface area contributed by atoms with E-state index in [2.05, 4.69) is 13.8 Å². The molecule has 3 aliphatic rings. The van der Waals surface area contributed by atoms with E-state index in [0.717, 1.165) is 44.3 Å². The second kappa shape index (κ2) is 7.91. The van der Waals surface area contributed by atoms with Gasteiger partial charge in [0.1, 0.15) is 5.75 Å². The van der Waals surface area contributed by atoms with Crippen molar-refractivity contribution in [2.75, 3.05) is 26.2 Å². The van der Waals surface area contributed by atoms with Gasteiger partial charge in [0, 0.05) is 37.7 Å². The van der Waals surface area contributed by atoms with Crippen molar-refractivity contribution in [1.29, 1.82) is 0 Å². The summed E-state index contributed by atoms with van der Waals surface area (Å²) >= 11 is 0. The summed E-state index contributed by atoms with van der Waals surface area (Å²) in [6.45, 7) is 8.92. The molecule has 0 radical (unpaired) electrons. The number of benzene rings is 1. The Morgan fingerprint density at radius 2 is 1.72 bits per heavy atom. The number of amides is 1. The van der Waals surface area contributed by atoms with Crippen molar-refractivity contribution in [3.63, 3.8) is 0 Å². The summed E-state index contributed by atoms with van der Waals surface area (Å²) in [6, 6.07) is 5.06. The van der Waals surface area contributed by atoms with Crippen LogP contribution in [0.25, 0.3) is 0 Å². The molecule has 3 heterocycles. The first-order chi connectivity index (χ1) is 13.8. The summed E-state index contributed by atoms with van der Waals surface area (Å²) in [7, 11) is -3.52. The SMILES string of the molecule is CC1CCCN(C(=O)C2Oc3ccc(S(=O)(=O)N4CCCC(C)C4)cc3C2C)C1. The van der Waals surface area contributed by atoms with E-state index in [-0.39, 0.29) is 11.8 Å². The van der Waals surface area contributed by atoms with E-state index < -0.39 is 16.1 Å². The summed E-state index contributed by atoms with van der Waals surface area (Å²) in [4.78, 5) is 15.3. The molecule has 29 heavy (non-hydrogen) atoms. The molecule has 7 heteroatoms. The van der Waals surface area contributed by atoms with Crippen LogP contribution in [-0.4, -0.2) is 55.8 Å². The number of carbonyl (C=O) groups is 1. The fraction of sp³-hybridized carbons (Fsp3) is 0.682. The summed E-state index contributed by atoms with van der Waals surface area (Å²) in [5.41, 5.74) is 0.819. The minimum atomic E-state index is -3.52. The van der Waals surface area contributed by atoms with Gasteiger partial charge in [0.25, 0.3) is 5.91 Å². The third-order valence-corrected chi connectivity index (χ3v) is 8.51. The van der Waals surface area contributed by atoms with Crippen molar-refractivity contribution in [3.05, 3.63) is 23.8 Å². The number of hydrogen-bond acceptors (Lipinski definition) is 4. The van der Waals surface area contributed by atoms with Gasteiger partial charge in [-0.3, -0.25) is 4.79 Å². The minimum Gasteiger partial charge on any atom is -0.480 e. The monoisotopic (exact) mass is 420 g/mol. The molecule has 0 aromatic heterocycles. The molecule has 6 nitrogen and oxygen atoms in total. The molecule has 0 spiro atoms. The number of hydrogen-bond donors (Lipinski definition) is 0. The topological polar surface area (TPSA) is 66.9 Å². The fourth-order valence-corrected chi connectivity index (χ4v) is 6.53. The molecular formula is C22H32N2O4S. The number of nitrogens with zero attached hydrogens (tertiary/aromatic N) is 2. The fourth-order valence-electron chi connectivity index (χ4n) is 4.90. The molecule has 0 N–H and O–H groups in total. The zero-order valence-electron chi connectivity index (χ0n) is 17.6. The van der Waals surface area contributed by atoms with Crippen LogP contribution in [0.4, 0.5) is 0 Å². The van der Waals surface area contributed by atoms with E-state index in [0.29, 0.717) is 35.6 Å². The van der Waals surface area contributed by atoms with Gasteiger partial charge in [-0.05, 0) is 55.7 Å². The number of fused-ring (bicyclic) bond motifs is 1. The molecule has 4 atom stereocenters. The van der Waals surface area contributed by atoms with Crippen molar-refractivity contribution in [1.82, 2.24) is 9.21 Å². The highest BCUT2D eigenvalue weighted by molar-refractivity contribution is 7.89. The third-order valence-electron chi connectivity index (χ3n) is 6.65. The summed E-state index contributed by atoms with van der Waals surface area (Å²) in [6.07, 6.45) is 3.58. The van der Waals surface area contributed by atoms with Crippen molar-refractivity contribution < 1.29 is 17.9 Å². The van der Waals surface area contributed by atoms with E-state index in [1.807, 2.05) is 11.8 Å². The first-order valence-corrected chi connectivity index (χ1v) is 12.3. The largest absolute Gasteiger partial charge is 0.480 e. The summed E-state index contributed by atoms with van der Waals surface area (Å²) < 4.78 is 33.9. The second-order valence-corrected chi connectivity index (χ2v) is 11.1. The van der Waals surface area contributed by atoms with E-state index in [1.54, 1.807) is 22.5 Å². The molecule has 2 fully saturated rings. The van der Waals surface area contributed by atoms with Crippen molar-refractivity contribution in [2.45, 2.75) is 63.4 Å². The van der Waals surface area contributed by atoms with Crippen LogP contribution >= 0.6 is 0 Å². The number of likely N-dealkylation sites (tertiary alicyclic amines) is 1. The molecule has 4 rings (SSSR count). The Kier molecular flexibility index (Phi) is 5.64. The standard InChI is InChI=1S/C22H32N2O4S/c1-15-6-4-10-23(13-15)22(25)21-17(3)19-12-18(8-9-20(19)28-21)29(26,27)24-11-5-7-16(2)14-24/h8-9,12,15-17,21H,4-7,10-11,13-14H2,1-3H3. The number of piperidine rings is 2. The number of ether oxygens (including phenoxy) is 1. The quantitative estimate of drug-likeness (QED) is 0.753. The molecule has 0 bridgehead atoms. The smallest absolute Gasteiger partial charge is 0.264 e. The molecular weight excluding hydrogens is 388 g/mol. The van der Waals surface area contributed by atoms with Crippen LogP contribution in [0.5, 0.6) is 5.75 Å². The molecule has 0 aliphatic carbocycles. The molecule has 3 aliphatic heterocycles. The Hall–Kier alpha value is -1.60. The Morgan fingerprint density at radius 3 is 2.41 bits per heavy atom. The lowest BCUT2D eigenvalue weighted by atomic mass is 9.95. The normalized spacial score (nSPS) is 30.7. The van der Waals surface area contributed by atoms with E-state index in [9.17, 15) is 13.2 Å². The third kappa shape index (κ3) is 3.91. The highest BCUT2D eigenvalue weighted by atomic mass is 32.2. The van der Waals surface area contributed by atoms with Gasteiger partial charge in [-0.25, -0.2) is 8.42 Å². The van der Waals surface area contributed by atoms with Crippen molar-refractivity contribution >= 4 is 15.9 Å². The predicted molar refractivity (Wildman–Crippen MR) is 111 cm³/mol. The predicted octanol–water partition coefficient (Wildman–Crippen LogP) is 3.23. The molecule has 2 saturated heterocycles. The molecule has 1 aromatic rings. The average molecular weight is 421 g/mol. The van der Waals surface area contributed by atoms with Gasteiger partial charge in [-0.15, -0.1) is 0 Å². The van der Waals surface area contributed by atoms with Crippen LogP contribution < -0.4 is 4.74 Å². The lowest BCUT2D eigenvalue weighted by molar-refractivity contribution is -0.140. The van der Waals surface area contributed by atoms with Gasteiger partial charge in [-0.2, -0.15) is 4.31 Å². The van der Waals surface area contributed by atoms with E-state index >= 15 is 0 Å². The summed E-state index contributed by atoms with van der Waals surface area (Å²) in [5.74, 6) is 1.38. The van der Waals surface area contributed by atoms with Gasteiger partial charge in [0.05, 0.1) is 4.90 Å². The van der Waals surface area contributed by atoms with E-state index in [1.165, 1.54) is 0 Å². The van der Waals surface area contributed by atoms with Gasteiger partial charge < -0.3 is 9.64 Å². The zero-order valence-corrected chi connectivity index (χ0v) is 18.5. The lowest BCUT2D eigenvalue weighted by Gasteiger charge is -2.33. The maximum absolute atomic E-state index is 13.1. The average Bonchev–Trinajstić information content (AvgIpc) is 3.03. The molecule has 1 amide bonds. The van der Waals surface area contributed by atoms with Crippen molar-refractivity contribution in [2.24, 2.45) is 11.8 Å². The Balaban J connectivity index is 1.54. The van der Waals surface area contributed by atoms with Crippen LogP contribution in [0.2, 0.25) is 0 Å². The molecule has 0 saturated carbocycles. The van der Waals surface area contributed by atoms with Crippen LogP contribution in [-0.2, 0) is 14.8 Å². The lowest BCUT2D eigenvalue weighted by Crippen LogP contribution is -2.46. The van der Waals surface area contributed by atoms with Gasteiger partial charge >= 0.3 is 0 Å². The zero-order chi connectivity index (χ0) is 20.8. The van der Waals surface area contributed by atoms with Gasteiger partial charge in [0.2, 0.25) is 10.0 Å². The maximum Gasteiger partial charge on any atom is 0.264 e. The Bertz CT molecular complexity index is 885. The van der Waals surface area contributed by atoms with Gasteiger partial charge in [-0.1, -0.05) is 20.8 Å². The van der Waals surface area contributed by atoms with Crippen LogP contribution in [0.15, 0.2) is 23.1 Å². The summed E-state index contributed by atoms with van der Waals surface area (Å²) in [5, 5.41) is 0. The van der Waals surface area contributed by atoms with Crippen molar-refractivity contribution in [3.8, 4) is 5.75 Å². The highest BCUT2D eigenvalue weighted by Crippen LogP contribution is 2.41. The number of carbonyl (C=O) groups excluding carboxylic acids is 1. The second-order valence-electron chi connectivity index (χ2n) is 9.17. The Labute approximate surface area is 174 Å². The highest BCUT2D eigenvalue weighted by Gasteiger charge is 2.40. The molecule has 1 aromatic carbocycles. The Morgan fingerprint density at radius 1 is 1.03 bits per heavy atom. The minimum absolute atomic E-state index is 0.0227. The van der Waals surface area contributed by atoms with Crippen LogP contribution in [0, 0.1) is 11.8 Å². The molecule has 160 valence electrons. The van der Waals surface area contributed by atoms with Crippen LogP contribution in [0.1, 0.15) is 57.9 Å². The van der Waals surface area contributed by atoms with Crippen LogP contribution in [0.3, 0.4) is 0 Å². The first kappa shape index (κ1) is 20.7. The number of sulfonamides is 1. The maximum atomic E-state index is 13.1.